The summed E-state index contributed by atoms with van der Waals surface area (Å²) < 4.78 is 0. The van der Waals surface area contributed by atoms with Gasteiger partial charge in [0.1, 0.15) is 5.54 Å². The van der Waals surface area contributed by atoms with Crippen molar-refractivity contribution < 1.29 is 9.90 Å². The molecule has 0 heterocycles. The number of carboxylic acids is 1. The Balaban J connectivity index is 4.61. The van der Waals surface area contributed by atoms with Crippen LogP contribution in [-0.2, 0) is 4.79 Å². The molecule has 2 unspecified atom stereocenters. The third kappa shape index (κ3) is 4.49. The van der Waals surface area contributed by atoms with E-state index in [2.05, 4.69) is 24.1 Å². The van der Waals surface area contributed by atoms with Gasteiger partial charge in [-0.1, -0.05) is 6.92 Å². The first-order valence-corrected chi connectivity index (χ1v) is 5.94. The van der Waals surface area contributed by atoms with Crippen molar-refractivity contribution >= 4 is 5.97 Å². The molecule has 16 heavy (non-hydrogen) atoms. The second kappa shape index (κ2) is 6.21. The van der Waals surface area contributed by atoms with Gasteiger partial charge < -0.3 is 10.0 Å². The van der Waals surface area contributed by atoms with Gasteiger partial charge in [0.15, 0.2) is 0 Å². The minimum Gasteiger partial charge on any atom is -0.480 e. The molecule has 0 saturated heterocycles. The summed E-state index contributed by atoms with van der Waals surface area (Å²) in [6.45, 7) is 10.8. The molecule has 2 N–H and O–H groups in total. The maximum Gasteiger partial charge on any atom is 0.323 e. The standard InChI is InChI=1S/C12H26N2O2/c1-7-14(6)10(4)8-12(5,11(15)16)13-9(2)3/h9-10,13H,7-8H2,1-6H3,(H,15,16). The number of aliphatic carboxylic acids is 1. The number of nitrogens with zero attached hydrogens (tertiary/aromatic N) is 1. The number of nitrogens with one attached hydrogen (secondary N) is 1. The third-order valence-electron chi connectivity index (χ3n) is 3.03. The highest BCUT2D eigenvalue weighted by Crippen LogP contribution is 2.17. The van der Waals surface area contributed by atoms with Crippen molar-refractivity contribution in [3.8, 4) is 0 Å². The van der Waals surface area contributed by atoms with Crippen molar-refractivity contribution in [3.05, 3.63) is 0 Å². The first kappa shape index (κ1) is 15.4. The fraction of sp³-hybridized carbons (Fsp3) is 0.917. The molecule has 0 bridgehead atoms. The van der Waals surface area contributed by atoms with Gasteiger partial charge in [-0.2, -0.15) is 0 Å². The molecule has 0 aliphatic heterocycles. The molecular weight excluding hydrogens is 204 g/mol. The van der Waals surface area contributed by atoms with Crippen LogP contribution >= 0.6 is 0 Å². The van der Waals surface area contributed by atoms with Gasteiger partial charge in [-0.25, -0.2) is 0 Å². The highest BCUT2D eigenvalue weighted by molar-refractivity contribution is 5.78. The molecule has 0 aromatic heterocycles. The van der Waals surface area contributed by atoms with Crippen LogP contribution in [0.4, 0.5) is 0 Å². The lowest BCUT2D eigenvalue weighted by Gasteiger charge is -2.34. The molecule has 2 atom stereocenters. The van der Waals surface area contributed by atoms with Crippen LogP contribution in [0.5, 0.6) is 0 Å². The van der Waals surface area contributed by atoms with E-state index >= 15 is 0 Å². The average Bonchev–Trinajstić information content (AvgIpc) is 2.14. The summed E-state index contributed by atoms with van der Waals surface area (Å²) in [4.78, 5) is 13.5. The molecular formula is C12H26N2O2. The van der Waals surface area contributed by atoms with Crippen LogP contribution in [0.3, 0.4) is 0 Å². The molecule has 0 aromatic rings. The van der Waals surface area contributed by atoms with Crippen LogP contribution in [0.2, 0.25) is 0 Å². The van der Waals surface area contributed by atoms with Gasteiger partial charge in [0.25, 0.3) is 0 Å². The van der Waals surface area contributed by atoms with Crippen LogP contribution in [0, 0.1) is 0 Å². The molecule has 0 rings (SSSR count). The quantitative estimate of drug-likeness (QED) is 0.697. The van der Waals surface area contributed by atoms with Crippen LogP contribution in [0.25, 0.3) is 0 Å². The van der Waals surface area contributed by atoms with Crippen molar-refractivity contribution in [1.29, 1.82) is 0 Å². The van der Waals surface area contributed by atoms with Crippen LogP contribution in [0.1, 0.15) is 41.0 Å². The zero-order valence-electron chi connectivity index (χ0n) is 11.4. The predicted octanol–water partition coefficient (Wildman–Crippen LogP) is 1.56. The summed E-state index contributed by atoms with van der Waals surface area (Å²) in [5.41, 5.74) is -0.850. The van der Waals surface area contributed by atoms with Crippen molar-refractivity contribution in [2.75, 3.05) is 13.6 Å². The van der Waals surface area contributed by atoms with Crippen LogP contribution in [0.15, 0.2) is 0 Å². The fourth-order valence-corrected chi connectivity index (χ4v) is 1.90. The van der Waals surface area contributed by atoms with Gasteiger partial charge in [0.2, 0.25) is 0 Å². The maximum absolute atomic E-state index is 11.3. The molecule has 0 aliphatic rings. The Labute approximate surface area is 99.0 Å². The van der Waals surface area contributed by atoms with E-state index in [1.54, 1.807) is 6.92 Å². The molecule has 4 heteroatoms. The second-order valence-electron chi connectivity index (χ2n) is 5.06. The normalized spacial score (nSPS) is 17.5. The highest BCUT2D eigenvalue weighted by atomic mass is 16.4. The molecule has 0 fully saturated rings. The minimum absolute atomic E-state index is 0.167. The topological polar surface area (TPSA) is 52.6 Å². The number of hydrogen-bond donors (Lipinski definition) is 2. The van der Waals surface area contributed by atoms with Gasteiger partial charge in [-0.15, -0.1) is 0 Å². The van der Waals surface area contributed by atoms with Crippen molar-refractivity contribution in [2.24, 2.45) is 0 Å². The van der Waals surface area contributed by atoms with Crippen LogP contribution in [-0.4, -0.2) is 47.2 Å². The summed E-state index contributed by atoms with van der Waals surface area (Å²) in [5.74, 6) is -0.780. The predicted molar refractivity (Wildman–Crippen MR) is 66.7 cm³/mol. The Morgan fingerprint density at radius 1 is 1.44 bits per heavy atom. The zero-order valence-corrected chi connectivity index (χ0v) is 11.4. The summed E-state index contributed by atoms with van der Waals surface area (Å²) in [6.07, 6.45) is 0.602. The summed E-state index contributed by atoms with van der Waals surface area (Å²) in [6, 6.07) is 0.414. The molecule has 0 aromatic carbocycles. The summed E-state index contributed by atoms with van der Waals surface area (Å²) in [5, 5.41) is 12.4. The number of rotatable bonds is 7. The summed E-state index contributed by atoms with van der Waals surface area (Å²) in [7, 11) is 2.02. The molecule has 0 radical (unpaired) electrons. The van der Waals surface area contributed by atoms with E-state index in [1.165, 1.54) is 0 Å². The zero-order chi connectivity index (χ0) is 12.9. The number of carboxylic acid groups (broad SMARTS) is 1. The van der Waals surface area contributed by atoms with E-state index in [-0.39, 0.29) is 12.1 Å². The Kier molecular flexibility index (Phi) is 5.97. The van der Waals surface area contributed by atoms with Gasteiger partial charge in [0.05, 0.1) is 0 Å². The Bertz CT molecular complexity index is 231. The smallest absolute Gasteiger partial charge is 0.323 e. The van der Waals surface area contributed by atoms with E-state index < -0.39 is 11.5 Å². The van der Waals surface area contributed by atoms with Gasteiger partial charge >= 0.3 is 5.97 Å². The van der Waals surface area contributed by atoms with Crippen molar-refractivity contribution in [3.63, 3.8) is 0 Å². The molecule has 0 aliphatic carbocycles. The van der Waals surface area contributed by atoms with Gasteiger partial charge in [-0.3, -0.25) is 10.1 Å². The van der Waals surface area contributed by atoms with Crippen molar-refractivity contribution in [2.45, 2.75) is 58.7 Å². The van der Waals surface area contributed by atoms with Gasteiger partial charge in [0, 0.05) is 12.1 Å². The van der Waals surface area contributed by atoms with E-state index in [9.17, 15) is 9.90 Å². The van der Waals surface area contributed by atoms with E-state index in [4.69, 9.17) is 0 Å². The molecule has 0 saturated carbocycles. The third-order valence-corrected chi connectivity index (χ3v) is 3.03. The molecule has 0 amide bonds. The van der Waals surface area contributed by atoms with E-state index in [0.717, 1.165) is 6.54 Å². The highest BCUT2D eigenvalue weighted by Gasteiger charge is 2.35. The molecule has 4 nitrogen and oxygen atoms in total. The minimum atomic E-state index is -0.850. The van der Waals surface area contributed by atoms with E-state index in [1.807, 2.05) is 20.9 Å². The van der Waals surface area contributed by atoms with Crippen LogP contribution < -0.4 is 5.32 Å². The lowest BCUT2D eigenvalue weighted by atomic mass is 9.92. The first-order chi connectivity index (χ1) is 7.23. The van der Waals surface area contributed by atoms with Crippen molar-refractivity contribution in [1.82, 2.24) is 10.2 Å². The lowest BCUT2D eigenvalue weighted by Crippen LogP contribution is -2.55. The van der Waals surface area contributed by atoms with E-state index in [0.29, 0.717) is 6.42 Å². The van der Waals surface area contributed by atoms with Gasteiger partial charge in [-0.05, 0) is 47.7 Å². The number of hydrogen-bond acceptors (Lipinski definition) is 3. The SMILES string of the molecule is CCN(C)C(C)CC(C)(NC(C)C)C(=O)O. The number of carbonyl (C=O) groups is 1. The lowest BCUT2D eigenvalue weighted by molar-refractivity contribution is -0.145. The maximum atomic E-state index is 11.3. The Morgan fingerprint density at radius 3 is 2.25 bits per heavy atom. The first-order valence-electron chi connectivity index (χ1n) is 5.94. The largest absolute Gasteiger partial charge is 0.480 e. The average molecular weight is 230 g/mol. The Morgan fingerprint density at radius 2 is 1.94 bits per heavy atom. The monoisotopic (exact) mass is 230 g/mol. The molecule has 96 valence electrons. The Hall–Kier alpha value is -0.610. The fourth-order valence-electron chi connectivity index (χ4n) is 1.90. The second-order valence-corrected chi connectivity index (χ2v) is 5.06. The summed E-state index contributed by atoms with van der Waals surface area (Å²) >= 11 is 0. The molecule has 0 spiro atoms.